The van der Waals surface area contributed by atoms with Crippen LogP contribution in [0.15, 0.2) is 45.9 Å². The molecule has 0 spiro atoms. The molecule has 2 N–H and O–H groups in total. The van der Waals surface area contributed by atoms with Crippen LogP contribution >= 0.6 is 0 Å². The van der Waals surface area contributed by atoms with E-state index in [4.69, 9.17) is 4.52 Å². The summed E-state index contributed by atoms with van der Waals surface area (Å²) in [5, 5.41) is 6.51. The maximum absolute atomic E-state index is 13.0. The van der Waals surface area contributed by atoms with E-state index < -0.39 is 15.9 Å². The Morgan fingerprint density at radius 2 is 1.97 bits per heavy atom. The third-order valence-corrected chi connectivity index (χ3v) is 7.27. The zero-order valence-electron chi connectivity index (χ0n) is 16.2. The molecule has 0 unspecified atom stereocenters. The quantitative estimate of drug-likeness (QED) is 0.666. The number of rotatable bonds is 5. The fourth-order valence-electron chi connectivity index (χ4n) is 3.71. The summed E-state index contributed by atoms with van der Waals surface area (Å²) in [6.45, 7) is 4.37. The Kier molecular flexibility index (Phi) is 5.01. The van der Waals surface area contributed by atoms with Crippen LogP contribution in [0.1, 0.15) is 34.6 Å². The fraction of sp³-hybridized carbons (Fsp3) is 0.300. The molecule has 2 aromatic heterocycles. The topological polar surface area (TPSA) is 108 Å². The first-order chi connectivity index (χ1) is 13.9. The van der Waals surface area contributed by atoms with Crippen molar-refractivity contribution in [3.05, 3.63) is 53.5 Å². The Hall–Kier alpha value is -2.91. The van der Waals surface area contributed by atoms with Crippen molar-refractivity contribution >= 4 is 21.6 Å². The van der Waals surface area contributed by atoms with Gasteiger partial charge in [0, 0.05) is 36.1 Å². The molecule has 4 rings (SSSR count). The number of amides is 1. The molecule has 1 aromatic carbocycles. The van der Waals surface area contributed by atoms with Crippen molar-refractivity contribution in [3.63, 3.8) is 0 Å². The van der Waals surface area contributed by atoms with Gasteiger partial charge >= 0.3 is 0 Å². The Morgan fingerprint density at radius 1 is 1.21 bits per heavy atom. The third-order valence-electron chi connectivity index (χ3n) is 5.10. The molecule has 8 nitrogen and oxygen atoms in total. The average molecular weight is 414 g/mol. The Balaban J connectivity index is 1.61. The molecular formula is C20H22N4O4S. The number of aryl methyl sites for hydroxylation is 1. The molecule has 1 amide bonds. The number of H-pyrrole nitrogens is 1. The summed E-state index contributed by atoms with van der Waals surface area (Å²) in [6.07, 6.45) is 3.27. The van der Waals surface area contributed by atoms with Gasteiger partial charge in [0.25, 0.3) is 5.91 Å². The minimum atomic E-state index is -3.62. The molecular weight excluding hydrogens is 392 g/mol. The first-order valence-electron chi connectivity index (χ1n) is 9.39. The van der Waals surface area contributed by atoms with Gasteiger partial charge in [-0.2, -0.15) is 4.31 Å². The predicted octanol–water partition coefficient (Wildman–Crippen LogP) is 3.32. The minimum Gasteiger partial charge on any atom is -0.356 e. The molecule has 3 heterocycles. The summed E-state index contributed by atoms with van der Waals surface area (Å²) in [5.41, 5.74) is 2.48. The number of sulfonamides is 1. The van der Waals surface area contributed by atoms with E-state index >= 15 is 0 Å². The molecule has 1 saturated heterocycles. The fourth-order valence-corrected chi connectivity index (χ4v) is 5.64. The average Bonchev–Trinajstić information content (AvgIpc) is 3.44. The monoisotopic (exact) mass is 414 g/mol. The zero-order valence-corrected chi connectivity index (χ0v) is 17.0. The lowest BCUT2D eigenvalue weighted by atomic mass is 10.1. The van der Waals surface area contributed by atoms with E-state index in [1.54, 1.807) is 44.3 Å². The molecule has 1 aliphatic rings. The summed E-state index contributed by atoms with van der Waals surface area (Å²) in [4.78, 5) is 16.0. The molecule has 0 radical (unpaired) electrons. The number of nitrogens with zero attached hydrogens (tertiary/aromatic N) is 2. The number of carbonyl (C=O) groups is 1. The first-order valence-corrected chi connectivity index (χ1v) is 10.8. The molecule has 1 fully saturated rings. The summed E-state index contributed by atoms with van der Waals surface area (Å²) < 4.78 is 32.6. The van der Waals surface area contributed by atoms with Crippen LogP contribution in [0.2, 0.25) is 0 Å². The maximum Gasteiger partial charge on any atom is 0.272 e. The first kappa shape index (κ1) is 19.4. The number of carbonyl (C=O) groups excluding carboxylic acids is 1. The van der Waals surface area contributed by atoms with E-state index in [0.29, 0.717) is 35.8 Å². The highest BCUT2D eigenvalue weighted by atomic mass is 32.2. The van der Waals surface area contributed by atoms with Crippen molar-refractivity contribution in [3.8, 4) is 11.3 Å². The van der Waals surface area contributed by atoms with Gasteiger partial charge in [0.2, 0.25) is 10.0 Å². The lowest BCUT2D eigenvalue weighted by molar-refractivity contribution is 0.102. The number of hydrogen-bond donors (Lipinski definition) is 2. The van der Waals surface area contributed by atoms with E-state index in [1.807, 2.05) is 6.07 Å². The molecule has 1 aliphatic heterocycles. The minimum absolute atomic E-state index is 0.194. The molecule has 3 aromatic rings. The SMILES string of the molecule is Cc1[nH]c(C(=O)Nc2cccc(-c3ccno3)c2)c(C)c1S(=O)(=O)N1CCCC1. The van der Waals surface area contributed by atoms with Crippen LogP contribution in [0, 0.1) is 13.8 Å². The van der Waals surface area contributed by atoms with E-state index in [1.165, 1.54) is 4.31 Å². The second-order valence-corrected chi connectivity index (χ2v) is 8.98. The second kappa shape index (κ2) is 7.49. The van der Waals surface area contributed by atoms with Gasteiger partial charge in [-0.15, -0.1) is 0 Å². The largest absolute Gasteiger partial charge is 0.356 e. The summed E-state index contributed by atoms with van der Waals surface area (Å²) in [5.74, 6) is 0.190. The smallest absolute Gasteiger partial charge is 0.272 e. The number of hydrogen-bond acceptors (Lipinski definition) is 5. The maximum atomic E-state index is 13.0. The molecule has 152 valence electrons. The van der Waals surface area contributed by atoms with Gasteiger partial charge in [0.05, 0.1) is 6.20 Å². The van der Waals surface area contributed by atoms with Gasteiger partial charge in [0.15, 0.2) is 5.76 Å². The van der Waals surface area contributed by atoms with Crippen LogP contribution in [0.25, 0.3) is 11.3 Å². The van der Waals surface area contributed by atoms with Gasteiger partial charge in [-0.1, -0.05) is 17.3 Å². The van der Waals surface area contributed by atoms with Gasteiger partial charge in [-0.25, -0.2) is 8.42 Å². The summed E-state index contributed by atoms with van der Waals surface area (Å²) in [6, 6.07) is 8.90. The molecule has 0 saturated carbocycles. The van der Waals surface area contributed by atoms with Gasteiger partial charge in [-0.05, 0) is 44.4 Å². The van der Waals surface area contributed by atoms with Gasteiger partial charge in [-0.3, -0.25) is 4.79 Å². The molecule has 9 heteroatoms. The Bertz CT molecular complexity index is 1140. The van der Waals surface area contributed by atoms with E-state index in [-0.39, 0.29) is 10.6 Å². The molecule has 0 aliphatic carbocycles. The number of anilines is 1. The van der Waals surface area contributed by atoms with E-state index in [0.717, 1.165) is 18.4 Å². The Morgan fingerprint density at radius 3 is 2.66 bits per heavy atom. The standard InChI is InChI=1S/C20H22N4O4S/c1-13-18(22-14(2)19(13)29(26,27)24-10-3-4-11-24)20(25)23-16-7-5-6-15(12-16)17-8-9-21-28-17/h5-9,12,22H,3-4,10-11H2,1-2H3,(H,23,25). The van der Waals surface area contributed by atoms with Crippen LogP contribution in [-0.2, 0) is 10.0 Å². The zero-order chi connectivity index (χ0) is 20.6. The Labute approximate surface area is 169 Å². The number of aromatic amines is 1. The van der Waals surface area contributed by atoms with Crippen molar-refractivity contribution in [1.29, 1.82) is 0 Å². The van der Waals surface area contributed by atoms with Crippen LogP contribution in [0.3, 0.4) is 0 Å². The summed E-state index contributed by atoms with van der Waals surface area (Å²) in [7, 11) is -3.62. The van der Waals surface area contributed by atoms with Gasteiger partial charge < -0.3 is 14.8 Å². The highest BCUT2D eigenvalue weighted by Crippen LogP contribution is 2.29. The third kappa shape index (κ3) is 3.58. The van der Waals surface area contributed by atoms with E-state index in [2.05, 4.69) is 15.5 Å². The van der Waals surface area contributed by atoms with Gasteiger partial charge in [0.1, 0.15) is 10.6 Å². The molecule has 0 bridgehead atoms. The van der Waals surface area contributed by atoms with Crippen molar-refractivity contribution < 1.29 is 17.7 Å². The van der Waals surface area contributed by atoms with Crippen LogP contribution < -0.4 is 5.32 Å². The van der Waals surface area contributed by atoms with Crippen LogP contribution in [-0.4, -0.2) is 41.9 Å². The lowest BCUT2D eigenvalue weighted by Crippen LogP contribution is -2.28. The second-order valence-electron chi connectivity index (χ2n) is 7.10. The summed E-state index contributed by atoms with van der Waals surface area (Å²) >= 11 is 0. The molecule has 29 heavy (non-hydrogen) atoms. The number of nitrogens with one attached hydrogen (secondary N) is 2. The lowest BCUT2D eigenvalue weighted by Gasteiger charge is -2.16. The highest BCUT2D eigenvalue weighted by molar-refractivity contribution is 7.89. The number of benzene rings is 1. The van der Waals surface area contributed by atoms with Crippen molar-refractivity contribution in [2.75, 3.05) is 18.4 Å². The van der Waals surface area contributed by atoms with Crippen LogP contribution in [0.5, 0.6) is 0 Å². The predicted molar refractivity (Wildman–Crippen MR) is 108 cm³/mol. The normalized spacial score (nSPS) is 15.0. The van der Waals surface area contributed by atoms with Crippen molar-refractivity contribution in [2.24, 2.45) is 0 Å². The van der Waals surface area contributed by atoms with Crippen LogP contribution in [0.4, 0.5) is 5.69 Å². The van der Waals surface area contributed by atoms with Crippen molar-refractivity contribution in [2.45, 2.75) is 31.6 Å². The van der Waals surface area contributed by atoms with Crippen molar-refractivity contribution in [1.82, 2.24) is 14.4 Å². The highest BCUT2D eigenvalue weighted by Gasteiger charge is 2.33. The number of aromatic nitrogens is 2. The molecule has 0 atom stereocenters. The van der Waals surface area contributed by atoms with E-state index in [9.17, 15) is 13.2 Å².